The first-order valence-corrected chi connectivity index (χ1v) is 6.26. The maximum absolute atomic E-state index is 11.9. The zero-order chi connectivity index (χ0) is 13.8. The van der Waals surface area contributed by atoms with Crippen LogP contribution in [0.5, 0.6) is 0 Å². The molecule has 0 aliphatic carbocycles. The topological polar surface area (TPSA) is 72.9 Å². The number of hydrogen-bond acceptors (Lipinski definition) is 3. The lowest BCUT2D eigenvalue weighted by Crippen LogP contribution is -2.27. The van der Waals surface area contributed by atoms with Crippen LogP contribution in [-0.2, 0) is 0 Å². The normalized spacial score (nSPS) is 10.7. The Bertz CT molecular complexity index is 574. The van der Waals surface area contributed by atoms with Crippen molar-refractivity contribution in [2.45, 2.75) is 13.8 Å². The third-order valence-corrected chi connectivity index (χ3v) is 2.68. The quantitative estimate of drug-likeness (QED) is 0.822. The van der Waals surface area contributed by atoms with Crippen LogP contribution in [0.2, 0.25) is 0 Å². The number of rotatable bonds is 4. The lowest BCUT2D eigenvalue weighted by Gasteiger charge is -2.06. The molecule has 0 spiro atoms. The molecule has 0 unspecified atom stereocenters. The third kappa shape index (κ3) is 3.13. The average Bonchev–Trinajstić information content (AvgIpc) is 2.86. The molecule has 1 aromatic carbocycles. The van der Waals surface area contributed by atoms with Gasteiger partial charge in [-0.2, -0.15) is 5.10 Å². The summed E-state index contributed by atoms with van der Waals surface area (Å²) in [4.78, 5) is 11.9. The van der Waals surface area contributed by atoms with Gasteiger partial charge in [0.05, 0.1) is 11.4 Å². The van der Waals surface area contributed by atoms with Gasteiger partial charge in [-0.25, -0.2) is 4.68 Å². The summed E-state index contributed by atoms with van der Waals surface area (Å²) in [6.45, 7) is 4.73. The molecular weight excluding hydrogens is 240 g/mol. The summed E-state index contributed by atoms with van der Waals surface area (Å²) in [7, 11) is 0. The number of carbonyl (C=O) groups excluding carboxylic acids is 1. The highest BCUT2D eigenvalue weighted by atomic mass is 16.1. The van der Waals surface area contributed by atoms with E-state index < -0.39 is 0 Å². The molecule has 2 aromatic rings. The molecule has 0 saturated heterocycles. The van der Waals surface area contributed by atoms with E-state index in [1.807, 2.05) is 32.0 Å². The molecule has 0 saturated carbocycles. The van der Waals surface area contributed by atoms with Crippen molar-refractivity contribution >= 4 is 11.6 Å². The number of aromatic nitrogens is 2. The van der Waals surface area contributed by atoms with E-state index in [0.29, 0.717) is 23.8 Å². The molecule has 1 amide bonds. The Labute approximate surface area is 112 Å². The van der Waals surface area contributed by atoms with Gasteiger partial charge in [-0.15, -0.1) is 0 Å². The summed E-state index contributed by atoms with van der Waals surface area (Å²) in [6.07, 6.45) is 1.73. The summed E-state index contributed by atoms with van der Waals surface area (Å²) in [6, 6.07) is 9.08. The SMILES string of the molecule is CC(C)CNC(=O)c1ccn(-c2ccccc2N)n1. The van der Waals surface area contributed by atoms with Gasteiger partial charge >= 0.3 is 0 Å². The van der Waals surface area contributed by atoms with Crippen LogP contribution in [0.25, 0.3) is 5.69 Å². The number of amides is 1. The smallest absolute Gasteiger partial charge is 0.271 e. The van der Waals surface area contributed by atoms with Gasteiger partial charge in [0.15, 0.2) is 5.69 Å². The van der Waals surface area contributed by atoms with Crippen molar-refractivity contribution in [3.8, 4) is 5.69 Å². The van der Waals surface area contributed by atoms with Gasteiger partial charge in [-0.1, -0.05) is 26.0 Å². The molecule has 0 aliphatic heterocycles. The standard InChI is InChI=1S/C14H18N4O/c1-10(2)9-16-14(19)12-7-8-18(17-12)13-6-4-3-5-11(13)15/h3-8,10H,9,15H2,1-2H3,(H,16,19). The number of para-hydroxylation sites is 2. The van der Waals surface area contributed by atoms with Crippen LogP contribution < -0.4 is 11.1 Å². The number of carbonyl (C=O) groups is 1. The van der Waals surface area contributed by atoms with Crippen LogP contribution >= 0.6 is 0 Å². The van der Waals surface area contributed by atoms with Gasteiger partial charge in [0.25, 0.3) is 5.91 Å². The summed E-state index contributed by atoms with van der Waals surface area (Å²) in [5.74, 6) is 0.248. The Morgan fingerprint density at radius 1 is 1.37 bits per heavy atom. The highest BCUT2D eigenvalue weighted by Crippen LogP contribution is 2.15. The predicted molar refractivity (Wildman–Crippen MR) is 75.1 cm³/mol. The average molecular weight is 258 g/mol. The van der Waals surface area contributed by atoms with E-state index in [2.05, 4.69) is 10.4 Å². The van der Waals surface area contributed by atoms with Gasteiger partial charge in [0, 0.05) is 12.7 Å². The number of nitrogen functional groups attached to an aromatic ring is 1. The van der Waals surface area contributed by atoms with Crippen molar-refractivity contribution in [1.82, 2.24) is 15.1 Å². The fourth-order valence-corrected chi connectivity index (χ4v) is 1.66. The summed E-state index contributed by atoms with van der Waals surface area (Å²) in [5, 5.41) is 7.08. The third-order valence-electron chi connectivity index (χ3n) is 2.68. The molecule has 5 heteroatoms. The summed E-state index contributed by atoms with van der Waals surface area (Å²) >= 11 is 0. The van der Waals surface area contributed by atoms with Crippen molar-refractivity contribution in [1.29, 1.82) is 0 Å². The lowest BCUT2D eigenvalue weighted by atomic mass is 10.2. The highest BCUT2D eigenvalue weighted by molar-refractivity contribution is 5.92. The van der Waals surface area contributed by atoms with E-state index in [0.717, 1.165) is 5.69 Å². The molecule has 3 N–H and O–H groups in total. The highest BCUT2D eigenvalue weighted by Gasteiger charge is 2.11. The molecule has 0 fully saturated rings. The van der Waals surface area contributed by atoms with Gasteiger partial charge in [-0.05, 0) is 24.1 Å². The van der Waals surface area contributed by atoms with Gasteiger partial charge in [0.2, 0.25) is 0 Å². The largest absolute Gasteiger partial charge is 0.397 e. The minimum atomic E-state index is -0.165. The Morgan fingerprint density at radius 2 is 2.11 bits per heavy atom. The number of nitrogens with zero attached hydrogens (tertiary/aromatic N) is 2. The maximum atomic E-state index is 11.9. The fourth-order valence-electron chi connectivity index (χ4n) is 1.66. The number of anilines is 1. The second-order valence-electron chi connectivity index (χ2n) is 4.81. The Hall–Kier alpha value is -2.30. The number of benzene rings is 1. The lowest BCUT2D eigenvalue weighted by molar-refractivity contribution is 0.0943. The first kappa shape index (κ1) is 13.1. The van der Waals surface area contributed by atoms with Crippen molar-refractivity contribution in [3.05, 3.63) is 42.2 Å². The molecule has 1 aromatic heterocycles. The van der Waals surface area contributed by atoms with E-state index in [1.54, 1.807) is 23.0 Å². The van der Waals surface area contributed by atoms with Crippen LogP contribution in [0.15, 0.2) is 36.5 Å². The van der Waals surface area contributed by atoms with Gasteiger partial charge in [-0.3, -0.25) is 4.79 Å². The number of nitrogens with one attached hydrogen (secondary N) is 1. The van der Waals surface area contributed by atoms with E-state index in [4.69, 9.17) is 5.73 Å². The molecule has 0 aliphatic rings. The van der Waals surface area contributed by atoms with Crippen LogP contribution in [0, 0.1) is 5.92 Å². The number of hydrogen-bond donors (Lipinski definition) is 2. The predicted octanol–water partition coefficient (Wildman–Crippen LogP) is 1.84. The molecule has 0 bridgehead atoms. The zero-order valence-corrected chi connectivity index (χ0v) is 11.1. The second-order valence-corrected chi connectivity index (χ2v) is 4.81. The molecule has 1 heterocycles. The Kier molecular flexibility index (Phi) is 3.85. The summed E-state index contributed by atoms with van der Waals surface area (Å²) < 4.78 is 1.61. The first-order valence-electron chi connectivity index (χ1n) is 6.26. The maximum Gasteiger partial charge on any atom is 0.271 e. The fraction of sp³-hybridized carbons (Fsp3) is 0.286. The van der Waals surface area contributed by atoms with Crippen molar-refractivity contribution in [3.63, 3.8) is 0 Å². The molecular formula is C14H18N4O. The van der Waals surface area contributed by atoms with Crippen LogP contribution in [0.3, 0.4) is 0 Å². The van der Waals surface area contributed by atoms with E-state index in [9.17, 15) is 4.79 Å². The van der Waals surface area contributed by atoms with E-state index in [1.165, 1.54) is 0 Å². The number of nitrogens with two attached hydrogens (primary N) is 1. The molecule has 19 heavy (non-hydrogen) atoms. The first-order chi connectivity index (χ1) is 9.08. The zero-order valence-electron chi connectivity index (χ0n) is 11.1. The van der Waals surface area contributed by atoms with Gasteiger partial charge < -0.3 is 11.1 Å². The molecule has 100 valence electrons. The molecule has 5 nitrogen and oxygen atoms in total. The molecule has 0 atom stereocenters. The van der Waals surface area contributed by atoms with Crippen molar-refractivity contribution in [2.24, 2.45) is 5.92 Å². The van der Waals surface area contributed by atoms with Crippen LogP contribution in [0.1, 0.15) is 24.3 Å². The monoisotopic (exact) mass is 258 g/mol. The van der Waals surface area contributed by atoms with Crippen LogP contribution in [-0.4, -0.2) is 22.2 Å². The summed E-state index contributed by atoms with van der Waals surface area (Å²) in [5.41, 5.74) is 7.66. The molecule has 0 radical (unpaired) electrons. The van der Waals surface area contributed by atoms with Crippen LogP contribution in [0.4, 0.5) is 5.69 Å². The van der Waals surface area contributed by atoms with E-state index >= 15 is 0 Å². The minimum Gasteiger partial charge on any atom is -0.397 e. The van der Waals surface area contributed by atoms with Gasteiger partial charge in [0.1, 0.15) is 0 Å². The second kappa shape index (κ2) is 5.56. The minimum absolute atomic E-state index is 0.165. The van der Waals surface area contributed by atoms with Crippen molar-refractivity contribution < 1.29 is 4.79 Å². The Morgan fingerprint density at radius 3 is 2.79 bits per heavy atom. The van der Waals surface area contributed by atoms with Crippen molar-refractivity contribution in [2.75, 3.05) is 12.3 Å². The Balaban J connectivity index is 2.15. The molecule has 2 rings (SSSR count). The van der Waals surface area contributed by atoms with E-state index in [-0.39, 0.29) is 5.91 Å².